The van der Waals surface area contributed by atoms with Gasteiger partial charge in [-0.1, -0.05) is 18.2 Å². The first-order chi connectivity index (χ1) is 11.7. The summed E-state index contributed by atoms with van der Waals surface area (Å²) in [6.07, 6.45) is 1.08. The summed E-state index contributed by atoms with van der Waals surface area (Å²) in [5.74, 6) is -0.344. The molecule has 0 bridgehead atoms. The quantitative estimate of drug-likeness (QED) is 0.759. The number of halogens is 1. The minimum Gasteiger partial charge on any atom is -0.389 e. The minimum atomic E-state index is -0.752. The number of hydrogen-bond donors (Lipinski definition) is 2. The van der Waals surface area contributed by atoms with Gasteiger partial charge < -0.3 is 15.0 Å². The second kappa shape index (κ2) is 6.83. The van der Waals surface area contributed by atoms with Crippen molar-refractivity contribution in [2.45, 2.75) is 12.1 Å². The molecule has 4 nitrogen and oxygen atoms in total. The predicted molar refractivity (Wildman–Crippen MR) is 91.1 cm³/mol. The lowest BCUT2D eigenvalue weighted by Gasteiger charge is -2.26. The molecule has 3 rings (SSSR count). The van der Waals surface area contributed by atoms with E-state index in [2.05, 4.69) is 11.4 Å². The van der Waals surface area contributed by atoms with Crippen LogP contribution < -0.4 is 5.32 Å². The highest BCUT2D eigenvalue weighted by molar-refractivity contribution is 5.86. The first-order valence-corrected chi connectivity index (χ1v) is 7.73. The van der Waals surface area contributed by atoms with E-state index in [-0.39, 0.29) is 5.82 Å². The normalized spacial score (nSPS) is 13.6. The van der Waals surface area contributed by atoms with Crippen LogP contribution >= 0.6 is 0 Å². The van der Waals surface area contributed by atoms with E-state index in [0.29, 0.717) is 17.7 Å². The van der Waals surface area contributed by atoms with E-state index in [1.165, 1.54) is 12.1 Å². The van der Waals surface area contributed by atoms with Crippen molar-refractivity contribution in [2.75, 3.05) is 13.6 Å². The number of hydrogen-bond acceptors (Lipinski definition) is 3. The van der Waals surface area contributed by atoms with Crippen LogP contribution in [0.1, 0.15) is 17.2 Å². The lowest BCUT2D eigenvalue weighted by Crippen LogP contribution is -2.33. The average Bonchev–Trinajstić information content (AvgIpc) is 2.99. The fraction of sp³-hybridized carbons (Fsp3) is 0.211. The molecule has 0 spiro atoms. The number of aliphatic hydroxyl groups excluding tert-OH is 1. The van der Waals surface area contributed by atoms with E-state index in [1.54, 1.807) is 25.2 Å². The smallest absolute Gasteiger partial charge is 0.123 e. The predicted octanol–water partition coefficient (Wildman–Crippen LogP) is 2.82. The minimum absolute atomic E-state index is 0.344. The molecule has 0 amide bonds. The van der Waals surface area contributed by atoms with E-state index in [1.807, 2.05) is 29.0 Å². The van der Waals surface area contributed by atoms with Crippen LogP contribution in [-0.2, 0) is 0 Å². The van der Waals surface area contributed by atoms with E-state index in [0.717, 1.165) is 10.9 Å². The van der Waals surface area contributed by atoms with Crippen molar-refractivity contribution in [3.63, 3.8) is 0 Å². The van der Waals surface area contributed by atoms with Crippen molar-refractivity contribution in [2.24, 2.45) is 0 Å². The second-order valence-corrected chi connectivity index (χ2v) is 5.70. The van der Waals surface area contributed by atoms with Crippen molar-refractivity contribution in [1.82, 2.24) is 9.88 Å². The lowest BCUT2D eigenvalue weighted by atomic mass is 10.0. The highest BCUT2D eigenvalue weighted by Crippen LogP contribution is 2.29. The van der Waals surface area contributed by atoms with Gasteiger partial charge in [-0.2, -0.15) is 5.26 Å². The molecule has 0 aliphatic carbocycles. The van der Waals surface area contributed by atoms with Gasteiger partial charge in [0, 0.05) is 23.6 Å². The molecule has 2 aromatic carbocycles. The summed E-state index contributed by atoms with van der Waals surface area (Å²) in [4.78, 5) is 0. The molecule has 2 unspecified atom stereocenters. The molecule has 0 radical (unpaired) electrons. The van der Waals surface area contributed by atoms with Crippen LogP contribution in [0, 0.1) is 17.1 Å². The lowest BCUT2D eigenvalue weighted by molar-refractivity contribution is 0.132. The standard InChI is InChI=1S/C19H18FN3O/c1-22-12-18(24)19(13-4-2-6-15(20)10-13)23-9-8-16-14(11-21)5-3-7-17(16)23/h2-10,18-19,22,24H,12H2,1H3. The van der Waals surface area contributed by atoms with Gasteiger partial charge in [0.05, 0.1) is 23.8 Å². The Bertz CT molecular complexity index is 897. The number of nitrogens with zero attached hydrogens (tertiary/aromatic N) is 2. The molecule has 0 saturated heterocycles. The van der Waals surface area contributed by atoms with Gasteiger partial charge in [0.2, 0.25) is 0 Å². The summed E-state index contributed by atoms with van der Waals surface area (Å²) in [5, 5.41) is 23.7. The molecular weight excluding hydrogens is 305 g/mol. The number of rotatable bonds is 5. The van der Waals surface area contributed by atoms with Crippen molar-refractivity contribution in [3.8, 4) is 6.07 Å². The third-order valence-electron chi connectivity index (χ3n) is 4.15. The van der Waals surface area contributed by atoms with Gasteiger partial charge in [0.25, 0.3) is 0 Å². The van der Waals surface area contributed by atoms with Crippen LogP contribution in [0.2, 0.25) is 0 Å². The zero-order chi connectivity index (χ0) is 17.1. The Kier molecular flexibility index (Phi) is 4.61. The third kappa shape index (κ3) is 2.90. The molecule has 0 fully saturated rings. The van der Waals surface area contributed by atoms with Crippen LogP contribution in [0.25, 0.3) is 10.9 Å². The molecule has 3 aromatic rings. The Morgan fingerprint density at radius 2 is 2.04 bits per heavy atom. The highest BCUT2D eigenvalue weighted by atomic mass is 19.1. The molecule has 0 saturated carbocycles. The maximum atomic E-state index is 13.7. The number of likely N-dealkylation sites (N-methyl/N-ethyl adjacent to an activating group) is 1. The zero-order valence-electron chi connectivity index (χ0n) is 13.3. The summed E-state index contributed by atoms with van der Waals surface area (Å²) < 4.78 is 15.6. The molecule has 0 aliphatic heterocycles. The molecular formula is C19H18FN3O. The topological polar surface area (TPSA) is 61.0 Å². The van der Waals surface area contributed by atoms with Crippen molar-refractivity contribution in [3.05, 3.63) is 71.7 Å². The summed E-state index contributed by atoms with van der Waals surface area (Å²) in [5.41, 5.74) is 2.09. The first kappa shape index (κ1) is 16.2. The Balaban J connectivity index is 2.18. The highest BCUT2D eigenvalue weighted by Gasteiger charge is 2.24. The number of nitrogens with one attached hydrogen (secondary N) is 1. The molecule has 1 aromatic heterocycles. The number of aliphatic hydroxyl groups is 1. The van der Waals surface area contributed by atoms with Crippen LogP contribution in [0.5, 0.6) is 0 Å². The first-order valence-electron chi connectivity index (χ1n) is 7.73. The Morgan fingerprint density at radius 1 is 1.25 bits per heavy atom. The van der Waals surface area contributed by atoms with Gasteiger partial charge in [-0.25, -0.2) is 4.39 Å². The fourth-order valence-corrected chi connectivity index (χ4v) is 3.11. The molecule has 122 valence electrons. The van der Waals surface area contributed by atoms with E-state index in [9.17, 15) is 14.8 Å². The zero-order valence-corrected chi connectivity index (χ0v) is 13.3. The molecule has 0 aliphatic rings. The SMILES string of the molecule is CNCC(O)C(c1cccc(F)c1)n1ccc2c(C#N)cccc21. The Labute approximate surface area is 139 Å². The van der Waals surface area contributed by atoms with Crippen LogP contribution in [0.3, 0.4) is 0 Å². The van der Waals surface area contributed by atoms with Crippen LogP contribution in [0.4, 0.5) is 4.39 Å². The molecule has 2 N–H and O–H groups in total. The second-order valence-electron chi connectivity index (χ2n) is 5.70. The number of nitriles is 1. The van der Waals surface area contributed by atoms with E-state index in [4.69, 9.17) is 0 Å². The van der Waals surface area contributed by atoms with Gasteiger partial charge >= 0.3 is 0 Å². The Hall–Kier alpha value is -2.68. The van der Waals surface area contributed by atoms with Crippen LogP contribution in [-0.4, -0.2) is 29.4 Å². The summed E-state index contributed by atoms with van der Waals surface area (Å²) >= 11 is 0. The van der Waals surface area contributed by atoms with Crippen molar-refractivity contribution < 1.29 is 9.50 Å². The molecule has 5 heteroatoms. The number of fused-ring (bicyclic) bond motifs is 1. The van der Waals surface area contributed by atoms with Crippen molar-refractivity contribution in [1.29, 1.82) is 5.26 Å². The monoisotopic (exact) mass is 323 g/mol. The molecule has 2 atom stereocenters. The summed E-state index contributed by atoms with van der Waals surface area (Å²) in [7, 11) is 1.76. The van der Waals surface area contributed by atoms with Crippen molar-refractivity contribution >= 4 is 10.9 Å². The summed E-state index contributed by atoms with van der Waals surface area (Å²) in [6, 6.07) is 15.3. The third-order valence-corrected chi connectivity index (χ3v) is 4.15. The van der Waals surface area contributed by atoms with Gasteiger partial charge in [-0.15, -0.1) is 0 Å². The van der Waals surface area contributed by atoms with Crippen LogP contribution in [0.15, 0.2) is 54.7 Å². The largest absolute Gasteiger partial charge is 0.389 e. The van der Waals surface area contributed by atoms with E-state index < -0.39 is 12.1 Å². The fourth-order valence-electron chi connectivity index (χ4n) is 3.11. The number of benzene rings is 2. The van der Waals surface area contributed by atoms with Gasteiger partial charge in [-0.05, 0) is 42.9 Å². The van der Waals surface area contributed by atoms with Gasteiger partial charge in [0.15, 0.2) is 0 Å². The average molecular weight is 323 g/mol. The Morgan fingerprint density at radius 3 is 2.75 bits per heavy atom. The van der Waals surface area contributed by atoms with Gasteiger partial charge in [-0.3, -0.25) is 0 Å². The molecule has 1 heterocycles. The van der Waals surface area contributed by atoms with E-state index >= 15 is 0 Å². The number of aromatic nitrogens is 1. The van der Waals surface area contributed by atoms with Gasteiger partial charge in [0.1, 0.15) is 5.82 Å². The maximum absolute atomic E-state index is 13.7. The molecule has 24 heavy (non-hydrogen) atoms. The maximum Gasteiger partial charge on any atom is 0.123 e. The summed E-state index contributed by atoms with van der Waals surface area (Å²) in [6.45, 7) is 0.360.